The molecule has 32 heavy (non-hydrogen) atoms. The summed E-state index contributed by atoms with van der Waals surface area (Å²) in [6, 6.07) is 8.35. The number of phenols is 1. The van der Waals surface area contributed by atoms with Crippen molar-refractivity contribution in [1.82, 2.24) is 0 Å². The standard InChI is InChI=1S/C22H21Br2NO7/c1-12(4-2-3-5-19(26)27)21(15-8-13(23)9-16(24)20(15)28)32-22(29)25-14-6-7-17-18(10-14)31-11-30-17/h3,5-10,12,21,28H,2,4,11H2,1H3,(H,25,29)(H,26,27)/b5-3+/t12-,21+/m0/s1. The van der Waals surface area contributed by atoms with Crippen LogP contribution in [0.4, 0.5) is 10.5 Å². The van der Waals surface area contributed by atoms with E-state index in [0.29, 0.717) is 44.5 Å². The first-order valence-corrected chi connectivity index (χ1v) is 11.3. The molecule has 1 aliphatic rings. The van der Waals surface area contributed by atoms with Crippen molar-refractivity contribution in [3.8, 4) is 17.2 Å². The smallest absolute Gasteiger partial charge is 0.412 e. The van der Waals surface area contributed by atoms with Crippen LogP contribution in [-0.4, -0.2) is 29.1 Å². The molecular formula is C22H21Br2NO7. The number of anilines is 1. The Bertz CT molecular complexity index is 1040. The minimum Gasteiger partial charge on any atom is -0.506 e. The number of halogens is 2. The van der Waals surface area contributed by atoms with Crippen LogP contribution in [0.2, 0.25) is 0 Å². The number of phenolic OH excluding ortho intramolecular Hbond substituents is 1. The number of carboxylic acid groups (broad SMARTS) is 1. The Balaban J connectivity index is 1.78. The molecule has 0 aromatic heterocycles. The third kappa shape index (κ3) is 6.17. The van der Waals surface area contributed by atoms with E-state index >= 15 is 0 Å². The van der Waals surface area contributed by atoms with Gasteiger partial charge in [-0.1, -0.05) is 28.9 Å². The second kappa shape index (κ2) is 10.7. The molecule has 2 aromatic rings. The number of allylic oxidation sites excluding steroid dienone is 1. The summed E-state index contributed by atoms with van der Waals surface area (Å²) >= 11 is 6.70. The summed E-state index contributed by atoms with van der Waals surface area (Å²) in [5, 5.41) is 22.0. The number of benzene rings is 2. The van der Waals surface area contributed by atoms with Crippen molar-refractivity contribution in [1.29, 1.82) is 0 Å². The molecule has 0 saturated heterocycles. The Morgan fingerprint density at radius 3 is 2.72 bits per heavy atom. The topological polar surface area (TPSA) is 114 Å². The zero-order chi connectivity index (χ0) is 23.3. The number of hydrogen-bond donors (Lipinski definition) is 3. The molecule has 0 saturated carbocycles. The third-order valence-corrected chi connectivity index (χ3v) is 5.85. The third-order valence-electron chi connectivity index (χ3n) is 4.78. The first kappa shape index (κ1) is 23.9. The van der Waals surface area contributed by atoms with E-state index in [1.807, 2.05) is 6.92 Å². The van der Waals surface area contributed by atoms with Gasteiger partial charge in [0.05, 0.1) is 4.47 Å². The highest BCUT2D eigenvalue weighted by atomic mass is 79.9. The molecule has 0 bridgehead atoms. The lowest BCUT2D eigenvalue weighted by molar-refractivity contribution is -0.131. The highest BCUT2D eigenvalue weighted by molar-refractivity contribution is 9.11. The second-order valence-corrected chi connectivity index (χ2v) is 8.91. The number of carbonyl (C=O) groups is 2. The fourth-order valence-corrected chi connectivity index (χ4v) is 4.48. The van der Waals surface area contributed by atoms with Crippen LogP contribution < -0.4 is 14.8 Å². The Morgan fingerprint density at radius 2 is 1.97 bits per heavy atom. The SMILES string of the molecule is C[C@@H](CC/C=C/C(=O)O)[C@@H](OC(=O)Nc1ccc2c(c1)OCO2)c1cc(Br)cc(Br)c1O. The van der Waals surface area contributed by atoms with E-state index in [4.69, 9.17) is 19.3 Å². The summed E-state index contributed by atoms with van der Waals surface area (Å²) in [5.74, 6) is -0.188. The quantitative estimate of drug-likeness (QED) is 0.334. The zero-order valence-electron chi connectivity index (χ0n) is 17.0. The maximum atomic E-state index is 12.7. The molecule has 1 heterocycles. The fourth-order valence-electron chi connectivity index (χ4n) is 3.22. The molecule has 8 nitrogen and oxygen atoms in total. The number of fused-ring (bicyclic) bond motifs is 1. The Hall–Kier alpha value is -2.72. The van der Waals surface area contributed by atoms with Crippen molar-refractivity contribution in [2.75, 3.05) is 12.1 Å². The molecule has 3 rings (SSSR count). The van der Waals surface area contributed by atoms with Crippen LogP contribution in [0, 0.1) is 5.92 Å². The largest absolute Gasteiger partial charge is 0.506 e. The summed E-state index contributed by atoms with van der Waals surface area (Å²) in [6.45, 7) is 1.98. The first-order chi connectivity index (χ1) is 15.2. The van der Waals surface area contributed by atoms with E-state index in [0.717, 1.165) is 6.08 Å². The molecule has 0 spiro atoms. The molecule has 0 fully saturated rings. The molecule has 10 heteroatoms. The zero-order valence-corrected chi connectivity index (χ0v) is 20.2. The van der Waals surface area contributed by atoms with Gasteiger partial charge in [0.2, 0.25) is 6.79 Å². The van der Waals surface area contributed by atoms with Crippen molar-refractivity contribution >= 4 is 49.6 Å². The second-order valence-electron chi connectivity index (χ2n) is 7.14. The number of hydrogen-bond acceptors (Lipinski definition) is 6. The van der Waals surface area contributed by atoms with Gasteiger partial charge < -0.3 is 24.4 Å². The maximum Gasteiger partial charge on any atom is 0.412 e. The van der Waals surface area contributed by atoms with Gasteiger partial charge in [-0.15, -0.1) is 0 Å². The van der Waals surface area contributed by atoms with Crippen molar-refractivity contribution in [2.45, 2.75) is 25.9 Å². The summed E-state index contributed by atoms with van der Waals surface area (Å²) < 4.78 is 17.5. The van der Waals surface area contributed by atoms with Crippen LogP contribution in [0.3, 0.4) is 0 Å². The average molecular weight is 571 g/mol. The van der Waals surface area contributed by atoms with Gasteiger partial charge in [-0.05, 0) is 59.0 Å². The molecule has 1 amide bonds. The van der Waals surface area contributed by atoms with Crippen molar-refractivity contribution < 1.29 is 34.0 Å². The van der Waals surface area contributed by atoms with E-state index in [1.165, 1.54) is 0 Å². The Labute approximate surface area is 201 Å². The van der Waals surface area contributed by atoms with Gasteiger partial charge in [-0.2, -0.15) is 0 Å². The number of amides is 1. The van der Waals surface area contributed by atoms with Gasteiger partial charge >= 0.3 is 12.1 Å². The highest BCUT2D eigenvalue weighted by Gasteiger charge is 2.28. The molecule has 170 valence electrons. The van der Waals surface area contributed by atoms with Crippen LogP contribution in [0.15, 0.2) is 51.4 Å². The Morgan fingerprint density at radius 1 is 1.22 bits per heavy atom. The van der Waals surface area contributed by atoms with Gasteiger partial charge in [-0.25, -0.2) is 9.59 Å². The van der Waals surface area contributed by atoms with Gasteiger partial charge in [0, 0.05) is 27.9 Å². The molecule has 3 N–H and O–H groups in total. The number of ether oxygens (including phenoxy) is 3. The van der Waals surface area contributed by atoms with Crippen LogP contribution >= 0.6 is 31.9 Å². The number of nitrogens with one attached hydrogen (secondary N) is 1. The first-order valence-electron chi connectivity index (χ1n) is 9.69. The molecule has 0 radical (unpaired) electrons. The molecule has 0 aliphatic carbocycles. The van der Waals surface area contributed by atoms with Gasteiger partial charge in [0.25, 0.3) is 0 Å². The fraction of sp³-hybridized carbons (Fsp3) is 0.273. The van der Waals surface area contributed by atoms with Crippen LogP contribution in [-0.2, 0) is 9.53 Å². The number of aromatic hydroxyl groups is 1. The monoisotopic (exact) mass is 569 g/mol. The minimum absolute atomic E-state index is 0.0398. The molecule has 2 aromatic carbocycles. The van der Waals surface area contributed by atoms with Crippen molar-refractivity contribution in [2.24, 2.45) is 5.92 Å². The molecule has 1 aliphatic heterocycles. The number of rotatable bonds is 8. The van der Waals surface area contributed by atoms with Crippen LogP contribution in [0.5, 0.6) is 17.2 Å². The van der Waals surface area contributed by atoms with E-state index in [9.17, 15) is 14.7 Å². The van der Waals surface area contributed by atoms with Gasteiger partial charge in [0.1, 0.15) is 11.9 Å². The molecule has 0 unspecified atom stereocenters. The lowest BCUT2D eigenvalue weighted by Gasteiger charge is -2.26. The van der Waals surface area contributed by atoms with Gasteiger partial charge in [0.15, 0.2) is 11.5 Å². The van der Waals surface area contributed by atoms with E-state index in [1.54, 1.807) is 36.4 Å². The minimum atomic E-state index is -1.03. The van der Waals surface area contributed by atoms with Crippen molar-refractivity contribution in [3.05, 3.63) is 57.0 Å². The summed E-state index contributed by atoms with van der Waals surface area (Å²) in [5.41, 5.74) is 0.886. The van der Waals surface area contributed by atoms with E-state index in [2.05, 4.69) is 37.2 Å². The maximum absolute atomic E-state index is 12.7. The predicted octanol–water partition coefficient (Wildman–Crippen LogP) is 5.99. The van der Waals surface area contributed by atoms with E-state index in [-0.39, 0.29) is 18.5 Å². The predicted molar refractivity (Wildman–Crippen MR) is 124 cm³/mol. The lowest BCUT2D eigenvalue weighted by Crippen LogP contribution is -2.22. The van der Waals surface area contributed by atoms with Crippen LogP contribution in [0.1, 0.15) is 31.4 Å². The highest BCUT2D eigenvalue weighted by Crippen LogP contribution is 2.41. The summed E-state index contributed by atoms with van der Waals surface area (Å²) in [6.07, 6.45) is 2.09. The summed E-state index contributed by atoms with van der Waals surface area (Å²) in [4.78, 5) is 23.4. The number of carbonyl (C=O) groups excluding carboxylic acids is 1. The summed E-state index contributed by atoms with van der Waals surface area (Å²) in [7, 11) is 0. The Kier molecular flexibility index (Phi) is 8.03. The lowest BCUT2D eigenvalue weighted by atomic mass is 9.92. The van der Waals surface area contributed by atoms with E-state index < -0.39 is 18.2 Å². The molecular weight excluding hydrogens is 550 g/mol. The van der Waals surface area contributed by atoms with Crippen LogP contribution in [0.25, 0.3) is 0 Å². The average Bonchev–Trinajstić information content (AvgIpc) is 3.19. The molecule has 2 atom stereocenters. The van der Waals surface area contributed by atoms with Crippen molar-refractivity contribution in [3.63, 3.8) is 0 Å². The number of carboxylic acids is 1. The van der Waals surface area contributed by atoms with Gasteiger partial charge in [-0.3, -0.25) is 5.32 Å². The normalized spacial score (nSPS) is 14.2. The number of aliphatic carboxylic acids is 1.